The van der Waals surface area contributed by atoms with E-state index in [9.17, 15) is 4.79 Å². The third kappa shape index (κ3) is 5.59. The van der Waals surface area contributed by atoms with E-state index in [0.717, 1.165) is 5.56 Å². The van der Waals surface area contributed by atoms with Crippen LogP contribution in [0.25, 0.3) is 6.08 Å². The Morgan fingerprint density at radius 3 is 3.06 bits per heavy atom. The molecule has 1 rings (SSSR count). The molecule has 88 valence electrons. The minimum atomic E-state index is -0.335. The van der Waals surface area contributed by atoms with Gasteiger partial charge in [0, 0.05) is 17.8 Å². The van der Waals surface area contributed by atoms with Gasteiger partial charge in [-0.3, -0.25) is 0 Å². The monoisotopic (exact) mass is 249 g/mol. The fraction of sp³-hybridized carbons (Fsp3) is 0.167. The van der Waals surface area contributed by atoms with Crippen molar-refractivity contribution in [2.45, 2.75) is 6.42 Å². The van der Waals surface area contributed by atoms with Crippen LogP contribution in [-0.2, 0) is 0 Å². The van der Waals surface area contributed by atoms with E-state index in [1.165, 1.54) is 6.20 Å². The molecule has 0 atom stereocenters. The number of amides is 2. The van der Waals surface area contributed by atoms with Gasteiger partial charge in [0.05, 0.1) is 12.5 Å². The average Bonchev–Trinajstić information content (AvgIpc) is 2.29. The largest absolute Gasteiger partial charge is 0.337 e. The fourth-order valence-corrected chi connectivity index (χ4v) is 1.31. The Morgan fingerprint density at radius 2 is 2.35 bits per heavy atom. The summed E-state index contributed by atoms with van der Waals surface area (Å²) in [5, 5.41) is 14.0. The Morgan fingerprint density at radius 1 is 1.53 bits per heavy atom. The van der Waals surface area contributed by atoms with E-state index in [0.29, 0.717) is 18.0 Å². The Balaban J connectivity index is 2.35. The van der Waals surface area contributed by atoms with Gasteiger partial charge in [0.2, 0.25) is 0 Å². The lowest BCUT2D eigenvalue weighted by atomic mass is 10.2. The maximum atomic E-state index is 11.2. The molecule has 0 saturated carbocycles. The number of hydrogen-bond acceptors (Lipinski definition) is 2. The summed E-state index contributed by atoms with van der Waals surface area (Å²) in [6.45, 7) is 0.341. The van der Waals surface area contributed by atoms with Gasteiger partial charge in [0.15, 0.2) is 0 Å². The Kier molecular flexibility index (Phi) is 5.62. The normalized spacial score (nSPS) is 9.88. The van der Waals surface area contributed by atoms with Crippen LogP contribution in [0.15, 0.2) is 30.5 Å². The lowest BCUT2D eigenvalue weighted by Gasteiger charge is -2.01. The number of halogens is 1. The number of carbonyl (C=O) groups is 1. The Bertz CT molecular complexity index is 451. The van der Waals surface area contributed by atoms with Crippen LogP contribution in [-0.4, -0.2) is 12.6 Å². The van der Waals surface area contributed by atoms with Gasteiger partial charge in [-0.25, -0.2) is 4.79 Å². The molecule has 17 heavy (non-hydrogen) atoms. The third-order valence-corrected chi connectivity index (χ3v) is 2.10. The minimum absolute atomic E-state index is 0.297. The number of nitrogens with one attached hydrogen (secondary N) is 2. The zero-order valence-electron chi connectivity index (χ0n) is 9.11. The molecule has 0 spiro atoms. The SMILES string of the molecule is N#CCCNC(=O)N/C=C/c1cccc(Cl)c1. The van der Waals surface area contributed by atoms with Crippen molar-refractivity contribution in [1.82, 2.24) is 10.6 Å². The second-order valence-corrected chi connectivity index (χ2v) is 3.63. The highest BCUT2D eigenvalue weighted by Gasteiger charge is 1.94. The molecule has 0 saturated heterocycles. The smallest absolute Gasteiger partial charge is 0.318 e. The predicted octanol–water partition coefficient (Wildman–Crippen LogP) is 2.52. The van der Waals surface area contributed by atoms with Gasteiger partial charge < -0.3 is 10.6 Å². The topological polar surface area (TPSA) is 64.9 Å². The molecule has 0 heterocycles. The van der Waals surface area contributed by atoms with Crippen LogP contribution in [0.4, 0.5) is 4.79 Å². The number of carbonyl (C=O) groups excluding carboxylic acids is 1. The molecule has 1 aromatic carbocycles. The van der Waals surface area contributed by atoms with Gasteiger partial charge in [0.1, 0.15) is 0 Å². The maximum absolute atomic E-state index is 11.2. The van der Waals surface area contributed by atoms with E-state index < -0.39 is 0 Å². The standard InChI is InChI=1S/C12H12ClN3O/c13-11-4-1-3-10(9-11)5-8-16-12(17)15-7-2-6-14/h1,3-5,8-9H,2,7H2,(H2,15,16,17)/b8-5+. The van der Waals surface area contributed by atoms with Crippen molar-refractivity contribution in [3.8, 4) is 6.07 Å². The molecule has 0 radical (unpaired) electrons. The van der Waals surface area contributed by atoms with Crippen LogP contribution in [0.1, 0.15) is 12.0 Å². The van der Waals surface area contributed by atoms with Crippen LogP contribution in [0.5, 0.6) is 0 Å². The second-order valence-electron chi connectivity index (χ2n) is 3.20. The fourth-order valence-electron chi connectivity index (χ4n) is 1.11. The first kappa shape index (κ1) is 13.1. The number of nitrogens with zero attached hydrogens (tertiary/aromatic N) is 1. The maximum Gasteiger partial charge on any atom is 0.318 e. The van der Waals surface area contributed by atoms with Crippen LogP contribution < -0.4 is 10.6 Å². The van der Waals surface area contributed by atoms with Gasteiger partial charge in [-0.05, 0) is 23.8 Å². The summed E-state index contributed by atoms with van der Waals surface area (Å²) >= 11 is 5.81. The van der Waals surface area contributed by atoms with Gasteiger partial charge in [0.25, 0.3) is 0 Å². The number of urea groups is 1. The van der Waals surface area contributed by atoms with Crippen LogP contribution in [0, 0.1) is 11.3 Å². The number of benzene rings is 1. The van der Waals surface area contributed by atoms with Crippen molar-refractivity contribution in [2.75, 3.05) is 6.54 Å². The van der Waals surface area contributed by atoms with Crippen LogP contribution in [0.2, 0.25) is 5.02 Å². The average molecular weight is 250 g/mol. The lowest BCUT2D eigenvalue weighted by molar-refractivity contribution is 0.244. The summed E-state index contributed by atoms with van der Waals surface area (Å²) in [4.78, 5) is 11.2. The first-order chi connectivity index (χ1) is 8.22. The van der Waals surface area contributed by atoms with Crippen molar-refractivity contribution in [3.63, 3.8) is 0 Å². The predicted molar refractivity (Wildman–Crippen MR) is 67.3 cm³/mol. The van der Waals surface area contributed by atoms with Gasteiger partial charge >= 0.3 is 6.03 Å². The highest BCUT2D eigenvalue weighted by Crippen LogP contribution is 2.11. The number of hydrogen-bond donors (Lipinski definition) is 2. The zero-order valence-corrected chi connectivity index (χ0v) is 9.87. The van der Waals surface area contributed by atoms with Crippen LogP contribution in [0.3, 0.4) is 0 Å². The van der Waals surface area contributed by atoms with E-state index in [1.807, 2.05) is 18.2 Å². The molecule has 2 amide bonds. The molecule has 0 aliphatic heterocycles. The third-order valence-electron chi connectivity index (χ3n) is 1.86. The quantitative estimate of drug-likeness (QED) is 0.806. The summed E-state index contributed by atoms with van der Waals surface area (Å²) in [5.41, 5.74) is 0.898. The first-order valence-electron chi connectivity index (χ1n) is 5.06. The summed E-state index contributed by atoms with van der Waals surface area (Å²) in [5.74, 6) is 0. The van der Waals surface area contributed by atoms with Crippen LogP contribution >= 0.6 is 11.6 Å². The molecule has 0 aliphatic carbocycles. The summed E-state index contributed by atoms with van der Waals surface area (Å²) in [7, 11) is 0. The van der Waals surface area contributed by atoms with Crippen molar-refractivity contribution >= 4 is 23.7 Å². The van der Waals surface area contributed by atoms with E-state index in [4.69, 9.17) is 16.9 Å². The highest BCUT2D eigenvalue weighted by molar-refractivity contribution is 6.30. The number of nitriles is 1. The van der Waals surface area contributed by atoms with Crippen molar-refractivity contribution < 1.29 is 4.79 Å². The molecule has 5 heteroatoms. The summed E-state index contributed by atoms with van der Waals surface area (Å²) < 4.78 is 0. The Hall–Kier alpha value is -1.99. The molecular formula is C12H12ClN3O. The molecule has 0 aliphatic rings. The van der Waals surface area contributed by atoms with Crippen molar-refractivity contribution in [2.24, 2.45) is 0 Å². The van der Waals surface area contributed by atoms with E-state index in [1.54, 1.807) is 18.2 Å². The van der Waals surface area contributed by atoms with Crippen molar-refractivity contribution in [3.05, 3.63) is 41.1 Å². The molecule has 0 bridgehead atoms. The molecular weight excluding hydrogens is 238 g/mol. The first-order valence-corrected chi connectivity index (χ1v) is 5.43. The lowest BCUT2D eigenvalue weighted by Crippen LogP contribution is -2.32. The van der Waals surface area contributed by atoms with Gasteiger partial charge in [-0.15, -0.1) is 0 Å². The van der Waals surface area contributed by atoms with E-state index in [-0.39, 0.29) is 6.03 Å². The molecule has 0 aromatic heterocycles. The number of rotatable bonds is 4. The molecule has 1 aromatic rings. The molecule has 2 N–H and O–H groups in total. The van der Waals surface area contributed by atoms with Gasteiger partial charge in [-0.1, -0.05) is 23.7 Å². The second kappa shape index (κ2) is 7.31. The highest BCUT2D eigenvalue weighted by atomic mass is 35.5. The minimum Gasteiger partial charge on any atom is -0.337 e. The summed E-state index contributed by atoms with van der Waals surface area (Å²) in [6.07, 6.45) is 3.55. The molecule has 0 unspecified atom stereocenters. The van der Waals surface area contributed by atoms with Gasteiger partial charge in [-0.2, -0.15) is 5.26 Å². The molecule has 4 nitrogen and oxygen atoms in total. The van der Waals surface area contributed by atoms with Crippen molar-refractivity contribution in [1.29, 1.82) is 5.26 Å². The molecule has 0 fully saturated rings. The Labute approximate surface area is 105 Å². The van der Waals surface area contributed by atoms with E-state index >= 15 is 0 Å². The van der Waals surface area contributed by atoms with E-state index in [2.05, 4.69) is 10.6 Å². The zero-order chi connectivity index (χ0) is 12.5. The summed E-state index contributed by atoms with van der Waals surface area (Å²) in [6, 6.07) is 8.87.